The molecule has 82 valence electrons. The van der Waals surface area contributed by atoms with E-state index in [1.807, 2.05) is 0 Å². The van der Waals surface area contributed by atoms with Crippen molar-refractivity contribution in [2.24, 2.45) is 0 Å². The van der Waals surface area contributed by atoms with E-state index in [1.54, 1.807) is 0 Å². The van der Waals surface area contributed by atoms with Gasteiger partial charge in [-0.15, -0.1) is 0 Å². The summed E-state index contributed by atoms with van der Waals surface area (Å²) in [6.07, 6.45) is 15.8. The molecule has 0 amide bonds. The summed E-state index contributed by atoms with van der Waals surface area (Å²) < 4.78 is 0.437. The maximum absolute atomic E-state index is 3.88. The lowest BCUT2D eigenvalue weighted by Gasteiger charge is -2.23. The third-order valence-corrected chi connectivity index (χ3v) is 4.19. The van der Waals surface area contributed by atoms with Crippen LogP contribution >= 0.6 is 15.9 Å². The van der Waals surface area contributed by atoms with Crippen LogP contribution in [0.5, 0.6) is 0 Å². The Morgan fingerprint density at radius 3 is 1.29 bits per heavy atom. The summed E-state index contributed by atoms with van der Waals surface area (Å²) in [6.45, 7) is 0. The van der Waals surface area contributed by atoms with Gasteiger partial charge in [0.05, 0.1) is 0 Å². The molecule has 1 rings (SSSR count). The lowest BCUT2D eigenvalue weighted by Crippen LogP contribution is -2.20. The van der Waals surface area contributed by atoms with Crippen LogP contribution in [0.2, 0.25) is 0 Å². The van der Waals surface area contributed by atoms with Crippen LogP contribution in [0.25, 0.3) is 0 Å². The van der Waals surface area contributed by atoms with Gasteiger partial charge in [-0.05, 0) is 17.1 Å². The van der Waals surface area contributed by atoms with Gasteiger partial charge < -0.3 is 0 Å². The number of halogens is 1. The minimum Gasteiger partial charge on any atom is -0.0952 e. The van der Waals surface area contributed by atoms with Crippen molar-refractivity contribution in [2.75, 3.05) is 0 Å². The Morgan fingerprint density at radius 2 is 0.929 bits per heavy atom. The van der Waals surface area contributed by atoms with Crippen molar-refractivity contribution in [3.63, 3.8) is 0 Å². The second-order valence-electron chi connectivity index (χ2n) is 5.10. The average Bonchev–Trinajstić information content (AvgIpc) is 2.11. The van der Waals surface area contributed by atoms with Gasteiger partial charge in [0, 0.05) is 0 Å². The molecule has 0 nitrogen and oxygen atoms in total. The van der Waals surface area contributed by atoms with E-state index >= 15 is 0 Å². The van der Waals surface area contributed by atoms with Crippen LogP contribution in [-0.4, -0.2) is 12.1 Å². The van der Waals surface area contributed by atoms with Gasteiger partial charge in [0.25, 0.3) is 0 Å². The average molecular weight is 259 g/mol. The second kappa shape index (κ2) is 6.92. The molecular formula is C12H24BBr. The van der Waals surface area contributed by atoms with Crippen LogP contribution < -0.4 is 0 Å². The SMILES string of the molecule is BC1(Br)CCCCCCCCCCC1. The van der Waals surface area contributed by atoms with E-state index in [1.165, 1.54) is 70.6 Å². The van der Waals surface area contributed by atoms with Crippen molar-refractivity contribution < 1.29 is 0 Å². The van der Waals surface area contributed by atoms with Crippen LogP contribution in [0.4, 0.5) is 0 Å². The minimum atomic E-state index is 0.437. The maximum Gasteiger partial charge on any atom is 0.123 e. The van der Waals surface area contributed by atoms with E-state index in [0.717, 1.165) is 0 Å². The van der Waals surface area contributed by atoms with Crippen LogP contribution in [0.15, 0.2) is 0 Å². The lowest BCUT2D eigenvalue weighted by atomic mass is 9.78. The van der Waals surface area contributed by atoms with Gasteiger partial charge in [-0.1, -0.05) is 73.7 Å². The molecule has 0 radical (unpaired) electrons. The molecule has 1 saturated carbocycles. The summed E-state index contributed by atoms with van der Waals surface area (Å²) in [7, 11) is 2.37. The summed E-state index contributed by atoms with van der Waals surface area (Å²) in [6, 6.07) is 0. The fraction of sp³-hybridized carbons (Fsp3) is 1.00. The number of hydrogen-bond acceptors (Lipinski definition) is 0. The quantitative estimate of drug-likeness (QED) is 0.455. The van der Waals surface area contributed by atoms with Crippen molar-refractivity contribution in [3.05, 3.63) is 0 Å². The first-order valence-electron chi connectivity index (χ1n) is 6.40. The first-order valence-corrected chi connectivity index (χ1v) is 7.19. The molecule has 14 heavy (non-hydrogen) atoms. The molecule has 2 heteroatoms. The molecular weight excluding hydrogens is 235 g/mol. The lowest BCUT2D eigenvalue weighted by molar-refractivity contribution is 0.497. The predicted molar refractivity (Wildman–Crippen MR) is 71.0 cm³/mol. The zero-order valence-electron chi connectivity index (χ0n) is 9.66. The molecule has 0 saturated heterocycles. The molecule has 0 bridgehead atoms. The van der Waals surface area contributed by atoms with Gasteiger partial charge in [-0.2, -0.15) is 0 Å². The zero-order chi connectivity index (χ0) is 10.3. The van der Waals surface area contributed by atoms with Gasteiger partial charge >= 0.3 is 0 Å². The van der Waals surface area contributed by atoms with E-state index in [4.69, 9.17) is 0 Å². The number of rotatable bonds is 0. The van der Waals surface area contributed by atoms with Gasteiger partial charge in [-0.3, -0.25) is 0 Å². The number of hydrogen-bond donors (Lipinski definition) is 0. The first kappa shape index (κ1) is 12.6. The van der Waals surface area contributed by atoms with E-state index in [0.29, 0.717) is 4.22 Å². The Morgan fingerprint density at radius 1 is 0.643 bits per heavy atom. The van der Waals surface area contributed by atoms with Gasteiger partial charge in [0.15, 0.2) is 0 Å². The van der Waals surface area contributed by atoms with Gasteiger partial charge in [0.2, 0.25) is 0 Å². The van der Waals surface area contributed by atoms with Gasteiger partial charge in [-0.25, -0.2) is 0 Å². The fourth-order valence-electron chi connectivity index (χ4n) is 2.35. The molecule has 0 atom stereocenters. The first-order chi connectivity index (χ1) is 6.71. The Labute approximate surface area is 98.8 Å². The van der Waals surface area contributed by atoms with Crippen molar-refractivity contribution in [2.45, 2.75) is 74.9 Å². The van der Waals surface area contributed by atoms with Crippen molar-refractivity contribution >= 4 is 23.8 Å². The monoisotopic (exact) mass is 258 g/mol. The summed E-state index contributed by atoms with van der Waals surface area (Å²) in [5.41, 5.74) is 0. The minimum absolute atomic E-state index is 0.437. The van der Waals surface area contributed by atoms with Crippen LogP contribution in [0.3, 0.4) is 0 Å². The third kappa shape index (κ3) is 6.11. The Kier molecular flexibility index (Phi) is 6.24. The van der Waals surface area contributed by atoms with E-state index in [-0.39, 0.29) is 0 Å². The Bertz CT molecular complexity index is 131. The topological polar surface area (TPSA) is 0 Å². The molecule has 0 unspecified atom stereocenters. The Balaban J connectivity index is 2.24. The van der Waals surface area contributed by atoms with Crippen LogP contribution in [0.1, 0.15) is 70.6 Å². The van der Waals surface area contributed by atoms with Crippen molar-refractivity contribution in [1.82, 2.24) is 0 Å². The molecule has 0 spiro atoms. The molecule has 0 heterocycles. The summed E-state index contributed by atoms with van der Waals surface area (Å²) in [5, 5.41) is 0. The van der Waals surface area contributed by atoms with Crippen molar-refractivity contribution in [3.8, 4) is 0 Å². The summed E-state index contributed by atoms with van der Waals surface area (Å²) in [5.74, 6) is 0. The Hall–Kier alpha value is 0.545. The molecule has 1 aliphatic carbocycles. The maximum atomic E-state index is 3.88. The molecule has 0 aromatic rings. The molecule has 1 aliphatic rings. The highest BCUT2D eigenvalue weighted by Crippen LogP contribution is 2.29. The highest BCUT2D eigenvalue weighted by atomic mass is 79.9. The van der Waals surface area contributed by atoms with Crippen LogP contribution in [-0.2, 0) is 0 Å². The molecule has 0 aliphatic heterocycles. The predicted octanol–water partition coefficient (Wildman–Crippen LogP) is 4.02. The van der Waals surface area contributed by atoms with E-state index in [2.05, 4.69) is 23.8 Å². The standard InChI is InChI=1S/C12H24BBr/c13-12(14)10-8-6-4-2-1-3-5-7-9-11-12/h1-11,13H2. The normalized spacial score (nSPS) is 26.1. The molecule has 1 fully saturated rings. The second-order valence-corrected chi connectivity index (χ2v) is 7.01. The summed E-state index contributed by atoms with van der Waals surface area (Å²) in [4.78, 5) is 0. The smallest absolute Gasteiger partial charge is 0.0952 e. The zero-order valence-corrected chi connectivity index (χ0v) is 11.2. The highest BCUT2D eigenvalue weighted by molar-refractivity contribution is 9.10. The summed E-state index contributed by atoms with van der Waals surface area (Å²) >= 11 is 3.88. The molecule has 0 aromatic carbocycles. The largest absolute Gasteiger partial charge is 0.123 e. The van der Waals surface area contributed by atoms with E-state index < -0.39 is 0 Å². The van der Waals surface area contributed by atoms with Crippen LogP contribution in [0, 0.1) is 0 Å². The number of alkyl halides is 1. The van der Waals surface area contributed by atoms with E-state index in [9.17, 15) is 0 Å². The van der Waals surface area contributed by atoms with Crippen molar-refractivity contribution in [1.29, 1.82) is 0 Å². The molecule has 0 N–H and O–H groups in total. The highest BCUT2D eigenvalue weighted by Gasteiger charge is 2.18. The third-order valence-electron chi connectivity index (χ3n) is 3.40. The van der Waals surface area contributed by atoms with Gasteiger partial charge in [0.1, 0.15) is 7.85 Å². The fourth-order valence-corrected chi connectivity index (χ4v) is 2.91. The molecule has 0 aromatic heterocycles.